The zero-order valence-corrected chi connectivity index (χ0v) is 15.0. The maximum absolute atomic E-state index is 12.4. The zero-order valence-electron chi connectivity index (χ0n) is 13.4. The summed E-state index contributed by atoms with van der Waals surface area (Å²) in [6.45, 7) is 5.22. The number of benzene rings is 1. The Labute approximate surface area is 143 Å². The van der Waals surface area contributed by atoms with E-state index in [2.05, 4.69) is 14.8 Å². The summed E-state index contributed by atoms with van der Waals surface area (Å²) >= 11 is 1.45. The van der Waals surface area contributed by atoms with Crippen molar-refractivity contribution in [3.05, 3.63) is 46.2 Å². The number of sulfonamides is 1. The molecule has 9 heteroatoms. The first-order chi connectivity index (χ1) is 11.3. The lowest BCUT2D eigenvalue weighted by Crippen LogP contribution is -2.24. The first-order valence-electron chi connectivity index (χ1n) is 7.20. The SMILES string of the molecule is CC(=O)c1ccc(S(=O)(=O)NCc2c(C)nc3sc(C)nn23)cc1. The van der Waals surface area contributed by atoms with Crippen LogP contribution in [-0.2, 0) is 16.6 Å². The Hall–Kier alpha value is -2.10. The molecule has 7 nitrogen and oxygen atoms in total. The predicted octanol–water partition coefficient (Wildman–Crippen LogP) is 2.09. The molecule has 1 aromatic carbocycles. The minimum Gasteiger partial charge on any atom is -0.295 e. The van der Waals surface area contributed by atoms with Gasteiger partial charge in [-0.2, -0.15) is 5.10 Å². The molecule has 0 aliphatic heterocycles. The van der Waals surface area contributed by atoms with E-state index in [1.165, 1.54) is 42.5 Å². The summed E-state index contributed by atoms with van der Waals surface area (Å²) in [4.78, 5) is 16.5. The quantitative estimate of drug-likeness (QED) is 0.700. The Morgan fingerprint density at radius 1 is 1.25 bits per heavy atom. The molecule has 0 spiro atoms. The van der Waals surface area contributed by atoms with E-state index in [4.69, 9.17) is 0 Å². The molecule has 3 aromatic rings. The van der Waals surface area contributed by atoms with E-state index in [0.29, 0.717) is 11.3 Å². The molecule has 24 heavy (non-hydrogen) atoms. The highest BCUT2D eigenvalue weighted by molar-refractivity contribution is 7.89. The molecule has 0 atom stereocenters. The summed E-state index contributed by atoms with van der Waals surface area (Å²) in [6.07, 6.45) is 0. The number of hydrogen-bond acceptors (Lipinski definition) is 6. The molecule has 0 bridgehead atoms. The summed E-state index contributed by atoms with van der Waals surface area (Å²) in [6, 6.07) is 5.85. The summed E-state index contributed by atoms with van der Waals surface area (Å²) < 4.78 is 29.1. The number of nitrogens with zero attached hydrogens (tertiary/aromatic N) is 3. The third-order valence-corrected chi connectivity index (χ3v) is 5.84. The Morgan fingerprint density at radius 3 is 2.54 bits per heavy atom. The van der Waals surface area contributed by atoms with Gasteiger partial charge in [0, 0.05) is 5.56 Å². The minimum absolute atomic E-state index is 0.0902. The van der Waals surface area contributed by atoms with Gasteiger partial charge in [0.1, 0.15) is 5.01 Å². The normalized spacial score (nSPS) is 12.0. The van der Waals surface area contributed by atoms with Crippen LogP contribution in [0, 0.1) is 13.8 Å². The predicted molar refractivity (Wildman–Crippen MR) is 90.8 cm³/mol. The number of aryl methyl sites for hydroxylation is 2. The van der Waals surface area contributed by atoms with Gasteiger partial charge in [-0.25, -0.2) is 22.6 Å². The Kier molecular flexibility index (Phi) is 4.24. The van der Waals surface area contributed by atoms with Crippen molar-refractivity contribution in [2.24, 2.45) is 0 Å². The van der Waals surface area contributed by atoms with Crippen molar-refractivity contribution in [1.82, 2.24) is 19.3 Å². The second-order valence-electron chi connectivity index (χ2n) is 5.36. The number of aromatic nitrogens is 3. The molecule has 0 radical (unpaired) electrons. The zero-order chi connectivity index (χ0) is 17.5. The third kappa shape index (κ3) is 3.10. The van der Waals surface area contributed by atoms with Gasteiger partial charge in [-0.1, -0.05) is 23.5 Å². The number of carbonyl (C=O) groups excluding carboxylic acids is 1. The smallest absolute Gasteiger partial charge is 0.240 e. The molecule has 0 saturated heterocycles. The Bertz CT molecular complexity index is 1020. The second kappa shape index (κ2) is 6.08. The lowest BCUT2D eigenvalue weighted by Gasteiger charge is -2.07. The fourth-order valence-corrected chi connectivity index (χ4v) is 4.10. The molecule has 0 amide bonds. The molecule has 126 valence electrons. The van der Waals surface area contributed by atoms with Gasteiger partial charge in [0.2, 0.25) is 15.0 Å². The molecule has 1 N–H and O–H groups in total. The van der Waals surface area contributed by atoms with E-state index >= 15 is 0 Å². The highest BCUT2D eigenvalue weighted by Crippen LogP contribution is 2.18. The van der Waals surface area contributed by atoms with Gasteiger partial charge < -0.3 is 0 Å². The summed E-state index contributed by atoms with van der Waals surface area (Å²) in [5.74, 6) is -0.108. The van der Waals surface area contributed by atoms with E-state index in [1.807, 2.05) is 13.8 Å². The number of imidazole rings is 1. The maximum atomic E-state index is 12.4. The van der Waals surface area contributed by atoms with E-state index in [-0.39, 0.29) is 17.2 Å². The lowest BCUT2D eigenvalue weighted by atomic mass is 10.2. The number of Topliss-reactive ketones (excluding diaryl/α,β-unsaturated/α-hetero) is 1. The molecule has 0 fully saturated rings. The number of nitrogens with one attached hydrogen (secondary N) is 1. The molecule has 0 aliphatic carbocycles. The minimum atomic E-state index is -3.68. The van der Waals surface area contributed by atoms with E-state index in [0.717, 1.165) is 15.7 Å². The van der Waals surface area contributed by atoms with Crippen LogP contribution in [0.4, 0.5) is 0 Å². The van der Waals surface area contributed by atoms with Crippen LogP contribution < -0.4 is 4.72 Å². The largest absolute Gasteiger partial charge is 0.295 e. The average Bonchev–Trinajstić information content (AvgIpc) is 3.00. The highest BCUT2D eigenvalue weighted by atomic mass is 32.2. The first kappa shape index (κ1) is 16.7. The van der Waals surface area contributed by atoms with Gasteiger partial charge in [0.25, 0.3) is 0 Å². The van der Waals surface area contributed by atoms with Crippen molar-refractivity contribution in [2.75, 3.05) is 0 Å². The summed E-state index contributed by atoms with van der Waals surface area (Å²) in [5.41, 5.74) is 1.92. The summed E-state index contributed by atoms with van der Waals surface area (Å²) in [7, 11) is -3.68. The van der Waals surface area contributed by atoms with Crippen LogP contribution in [0.5, 0.6) is 0 Å². The van der Waals surface area contributed by atoms with E-state index in [9.17, 15) is 13.2 Å². The molecule has 3 rings (SSSR count). The highest BCUT2D eigenvalue weighted by Gasteiger charge is 2.18. The third-order valence-electron chi connectivity index (χ3n) is 3.60. The van der Waals surface area contributed by atoms with Crippen LogP contribution in [-0.4, -0.2) is 28.8 Å². The van der Waals surface area contributed by atoms with Crippen LogP contribution in [0.1, 0.15) is 33.7 Å². The average molecular weight is 364 g/mol. The number of ketones is 1. The van der Waals surface area contributed by atoms with Crippen LogP contribution in [0.15, 0.2) is 29.2 Å². The van der Waals surface area contributed by atoms with Crippen LogP contribution in [0.25, 0.3) is 4.96 Å². The van der Waals surface area contributed by atoms with Crippen LogP contribution in [0.3, 0.4) is 0 Å². The molecule has 0 aliphatic rings. The molecule has 0 saturated carbocycles. The van der Waals surface area contributed by atoms with Gasteiger partial charge in [-0.3, -0.25) is 4.79 Å². The number of rotatable bonds is 5. The molecule has 2 heterocycles. The monoisotopic (exact) mass is 364 g/mol. The fraction of sp³-hybridized carbons (Fsp3) is 0.267. The standard InChI is InChI=1S/C15H16N4O3S2/c1-9-14(19-15(17-9)23-11(3)18-19)8-16-24(21,22)13-6-4-12(5-7-13)10(2)20/h4-7,16H,8H2,1-3H3. The topological polar surface area (TPSA) is 93.4 Å². The van der Waals surface area contributed by atoms with Gasteiger partial charge in [-0.15, -0.1) is 0 Å². The summed E-state index contributed by atoms with van der Waals surface area (Å²) in [5, 5.41) is 5.20. The Balaban J connectivity index is 1.84. The van der Waals surface area contributed by atoms with Crippen molar-refractivity contribution < 1.29 is 13.2 Å². The Morgan fingerprint density at radius 2 is 1.92 bits per heavy atom. The molecular formula is C15H16N4O3S2. The van der Waals surface area contributed by atoms with Crippen LogP contribution >= 0.6 is 11.3 Å². The van der Waals surface area contributed by atoms with Gasteiger partial charge >= 0.3 is 0 Å². The second-order valence-corrected chi connectivity index (χ2v) is 8.29. The van der Waals surface area contributed by atoms with Crippen molar-refractivity contribution in [3.63, 3.8) is 0 Å². The molecular weight excluding hydrogens is 348 g/mol. The lowest BCUT2D eigenvalue weighted by molar-refractivity contribution is 0.101. The van der Waals surface area contributed by atoms with Gasteiger partial charge in [-0.05, 0) is 32.9 Å². The number of carbonyl (C=O) groups is 1. The van der Waals surface area contributed by atoms with E-state index in [1.54, 1.807) is 4.52 Å². The maximum Gasteiger partial charge on any atom is 0.240 e. The van der Waals surface area contributed by atoms with Crippen molar-refractivity contribution >= 4 is 32.1 Å². The van der Waals surface area contributed by atoms with Crippen molar-refractivity contribution in [1.29, 1.82) is 0 Å². The fourth-order valence-electron chi connectivity index (χ4n) is 2.30. The van der Waals surface area contributed by atoms with Gasteiger partial charge in [0.15, 0.2) is 5.78 Å². The first-order valence-corrected chi connectivity index (χ1v) is 9.50. The van der Waals surface area contributed by atoms with Crippen molar-refractivity contribution in [3.8, 4) is 0 Å². The van der Waals surface area contributed by atoms with Crippen molar-refractivity contribution in [2.45, 2.75) is 32.2 Å². The number of hydrogen-bond donors (Lipinski definition) is 1. The molecule has 2 aromatic heterocycles. The van der Waals surface area contributed by atoms with Gasteiger partial charge in [0.05, 0.1) is 22.8 Å². The molecule has 0 unspecified atom stereocenters. The van der Waals surface area contributed by atoms with E-state index < -0.39 is 10.0 Å². The van der Waals surface area contributed by atoms with Crippen LogP contribution in [0.2, 0.25) is 0 Å². The number of fused-ring (bicyclic) bond motifs is 1.